The van der Waals surface area contributed by atoms with Crippen LogP contribution in [-0.4, -0.2) is 32.7 Å². The number of alkyl halides is 3. The molecule has 0 saturated carbocycles. The van der Waals surface area contributed by atoms with Gasteiger partial charge in [0.1, 0.15) is 11.1 Å². The van der Waals surface area contributed by atoms with Crippen molar-refractivity contribution in [3.8, 4) is 11.3 Å². The van der Waals surface area contributed by atoms with Gasteiger partial charge in [0.15, 0.2) is 0 Å². The summed E-state index contributed by atoms with van der Waals surface area (Å²) < 4.78 is 95.7. The van der Waals surface area contributed by atoms with E-state index in [2.05, 4.69) is 21.6 Å². The molecule has 3 aromatic carbocycles. The number of amides is 1. The Morgan fingerprint density at radius 1 is 1.02 bits per heavy atom. The van der Waals surface area contributed by atoms with Crippen LogP contribution in [0.1, 0.15) is 59.1 Å². The lowest BCUT2D eigenvalue weighted by Gasteiger charge is -2.18. The molecular weight excluding hydrogens is 617 g/mol. The highest BCUT2D eigenvalue weighted by Crippen LogP contribution is 2.32. The zero-order valence-corrected chi connectivity index (χ0v) is 25.1. The van der Waals surface area contributed by atoms with E-state index in [0.717, 1.165) is 42.2 Å². The minimum absolute atomic E-state index is 0.0233. The molecule has 0 radical (unpaired) electrons. The van der Waals surface area contributed by atoms with E-state index in [9.17, 15) is 34.8 Å². The molecule has 1 aliphatic heterocycles. The van der Waals surface area contributed by atoms with Crippen molar-refractivity contribution in [2.45, 2.75) is 55.0 Å². The van der Waals surface area contributed by atoms with Gasteiger partial charge in [0.05, 0.1) is 34.8 Å². The van der Waals surface area contributed by atoms with Crippen molar-refractivity contribution in [1.82, 2.24) is 19.4 Å². The van der Waals surface area contributed by atoms with Crippen LogP contribution in [0.5, 0.6) is 0 Å². The van der Waals surface area contributed by atoms with E-state index < -0.39 is 53.9 Å². The largest absolute Gasteiger partial charge is 0.416 e. The number of carbonyl (C=O) groups is 1. The highest BCUT2D eigenvalue weighted by molar-refractivity contribution is 7.90. The molecule has 44 heavy (non-hydrogen) atoms. The first-order valence-electron chi connectivity index (χ1n) is 13.7. The fourth-order valence-electron chi connectivity index (χ4n) is 5.04. The van der Waals surface area contributed by atoms with Gasteiger partial charge in [-0.1, -0.05) is 67.9 Å². The molecule has 9 nitrogen and oxygen atoms in total. The number of imidazole rings is 1. The molecule has 0 bridgehead atoms. The van der Waals surface area contributed by atoms with Gasteiger partial charge in [-0.15, -0.1) is 0 Å². The Morgan fingerprint density at radius 2 is 1.70 bits per heavy atom. The van der Waals surface area contributed by atoms with Gasteiger partial charge >= 0.3 is 6.18 Å². The highest BCUT2D eigenvalue weighted by atomic mass is 32.2. The van der Waals surface area contributed by atoms with Crippen molar-refractivity contribution >= 4 is 26.0 Å². The molecule has 2 atom stereocenters. The molecule has 1 amide bonds. The minimum Gasteiger partial charge on any atom is -0.341 e. The van der Waals surface area contributed by atoms with Crippen LogP contribution in [0.25, 0.3) is 11.3 Å². The summed E-state index contributed by atoms with van der Waals surface area (Å²) in [6.45, 7) is 2.08. The summed E-state index contributed by atoms with van der Waals surface area (Å²) in [4.78, 5) is 18.6. The van der Waals surface area contributed by atoms with Gasteiger partial charge in [-0.3, -0.25) is 9.52 Å². The third kappa shape index (κ3) is 7.03. The van der Waals surface area contributed by atoms with Crippen molar-refractivity contribution in [1.29, 1.82) is 0 Å². The number of nitrogens with one attached hydrogen (secondary N) is 3. The van der Waals surface area contributed by atoms with Crippen molar-refractivity contribution in [2.75, 3.05) is 0 Å². The van der Waals surface area contributed by atoms with E-state index in [1.807, 2.05) is 29.0 Å². The number of rotatable bonds is 10. The molecule has 0 spiro atoms. The number of aryl methyl sites for hydroxylation is 1. The zero-order chi connectivity index (χ0) is 31.7. The number of nitrogens with zero attached hydrogens (tertiary/aromatic N) is 1. The predicted molar refractivity (Wildman–Crippen MR) is 157 cm³/mol. The molecule has 2 unspecified atom stereocenters. The average molecular weight is 647 g/mol. The molecule has 5 rings (SSSR count). The number of H-pyrrole nitrogens is 1. The second-order valence-corrected chi connectivity index (χ2v) is 14.1. The van der Waals surface area contributed by atoms with Gasteiger partial charge in [-0.25, -0.2) is 26.5 Å². The quantitative estimate of drug-likeness (QED) is 0.217. The van der Waals surface area contributed by atoms with Crippen molar-refractivity contribution in [3.05, 3.63) is 107 Å². The van der Waals surface area contributed by atoms with Crippen LogP contribution >= 0.6 is 0 Å². The second kappa shape index (κ2) is 12.2. The van der Waals surface area contributed by atoms with Gasteiger partial charge in [0.25, 0.3) is 0 Å². The van der Waals surface area contributed by atoms with Crippen LogP contribution in [-0.2, 0) is 43.9 Å². The Labute approximate surface area is 253 Å². The fourth-order valence-corrected chi connectivity index (χ4v) is 7.71. The number of aromatic nitrogens is 2. The standard InChI is InChI=1S/C30H29F3N4O5S2/c1-2-4-19-7-11-21(12-8-19)26-18-34-29(35-26)25(36-43(39,40)24-6-3-5-23(16-24)30(31,32)33)15-20-9-13-22(14-10-20)27-17-28(38)37-44(27,41)42/h3,5-14,16,18,25,27,36H,2,4,15,17H2,1H3,(H,34,35)(H,37,38). The van der Waals surface area contributed by atoms with E-state index in [-0.39, 0.29) is 18.7 Å². The molecular formula is C30H29F3N4O5S2. The Kier molecular flexibility index (Phi) is 8.69. The van der Waals surface area contributed by atoms with Gasteiger partial charge < -0.3 is 4.98 Å². The Bertz CT molecular complexity index is 1870. The van der Waals surface area contributed by atoms with Crippen LogP contribution in [0, 0.1) is 0 Å². The predicted octanol–water partition coefficient (Wildman–Crippen LogP) is 5.20. The molecule has 2 heterocycles. The molecule has 1 fully saturated rings. The molecule has 0 aliphatic carbocycles. The zero-order valence-electron chi connectivity index (χ0n) is 23.4. The summed E-state index contributed by atoms with van der Waals surface area (Å²) in [5, 5.41) is -1.05. The van der Waals surface area contributed by atoms with E-state index in [0.29, 0.717) is 22.9 Å². The Hall–Kier alpha value is -4.01. The maximum absolute atomic E-state index is 13.4. The third-order valence-electron chi connectivity index (χ3n) is 7.29. The average Bonchev–Trinajstić information content (AvgIpc) is 3.57. The molecule has 1 aromatic heterocycles. The highest BCUT2D eigenvalue weighted by Gasteiger charge is 2.38. The topological polar surface area (TPSA) is 138 Å². The summed E-state index contributed by atoms with van der Waals surface area (Å²) in [5.41, 5.74) is 2.46. The molecule has 232 valence electrons. The maximum Gasteiger partial charge on any atom is 0.416 e. The monoisotopic (exact) mass is 646 g/mol. The first-order valence-corrected chi connectivity index (χ1v) is 16.8. The number of aromatic amines is 1. The lowest BCUT2D eigenvalue weighted by atomic mass is 10.0. The van der Waals surface area contributed by atoms with Crippen molar-refractivity contribution in [3.63, 3.8) is 0 Å². The van der Waals surface area contributed by atoms with Gasteiger partial charge in [-0.05, 0) is 53.3 Å². The van der Waals surface area contributed by atoms with E-state index in [1.54, 1.807) is 30.5 Å². The van der Waals surface area contributed by atoms with Gasteiger partial charge in [0, 0.05) is 0 Å². The van der Waals surface area contributed by atoms with Crippen LogP contribution in [0.2, 0.25) is 0 Å². The summed E-state index contributed by atoms with van der Waals surface area (Å²) in [5.74, 6) is -0.373. The smallest absolute Gasteiger partial charge is 0.341 e. The SMILES string of the molecule is CCCc1ccc(-c2cnc(C(Cc3ccc(C4CC(=O)NS4(=O)=O)cc3)NS(=O)(=O)c3cccc(C(F)(F)F)c3)[nH]2)cc1. The van der Waals surface area contributed by atoms with E-state index >= 15 is 0 Å². The van der Waals surface area contributed by atoms with Crippen LogP contribution < -0.4 is 9.44 Å². The Morgan fingerprint density at radius 3 is 2.32 bits per heavy atom. The molecule has 4 aromatic rings. The van der Waals surface area contributed by atoms with Gasteiger partial charge in [-0.2, -0.15) is 13.2 Å². The summed E-state index contributed by atoms with van der Waals surface area (Å²) in [6, 6.07) is 16.5. The molecule has 1 aliphatic rings. The lowest BCUT2D eigenvalue weighted by Crippen LogP contribution is -2.31. The van der Waals surface area contributed by atoms with Crippen LogP contribution in [0.15, 0.2) is 83.9 Å². The second-order valence-electron chi connectivity index (χ2n) is 10.5. The molecule has 3 N–H and O–H groups in total. The number of benzene rings is 3. The minimum atomic E-state index is -4.73. The number of sulfonamides is 2. The number of carbonyl (C=O) groups excluding carboxylic acids is 1. The number of halogens is 3. The van der Waals surface area contributed by atoms with E-state index in [1.165, 1.54) is 0 Å². The van der Waals surface area contributed by atoms with Crippen LogP contribution in [0.3, 0.4) is 0 Å². The fraction of sp³-hybridized carbons (Fsp3) is 0.267. The lowest BCUT2D eigenvalue weighted by molar-refractivity contribution is -0.137. The normalized spacial score (nSPS) is 17.4. The van der Waals surface area contributed by atoms with Crippen molar-refractivity contribution in [2.24, 2.45) is 0 Å². The molecule has 1 saturated heterocycles. The molecule has 14 heteroatoms. The third-order valence-corrected chi connectivity index (χ3v) is 10.5. The summed E-state index contributed by atoms with van der Waals surface area (Å²) in [6.07, 6.45) is -1.46. The first-order chi connectivity index (χ1) is 20.7. The van der Waals surface area contributed by atoms with Crippen LogP contribution in [0.4, 0.5) is 13.2 Å². The maximum atomic E-state index is 13.4. The van der Waals surface area contributed by atoms with E-state index in [4.69, 9.17) is 0 Å². The van der Waals surface area contributed by atoms with Gasteiger partial charge in [0.2, 0.25) is 26.0 Å². The van der Waals surface area contributed by atoms with Crippen molar-refractivity contribution < 1.29 is 34.8 Å². The summed E-state index contributed by atoms with van der Waals surface area (Å²) >= 11 is 0. The summed E-state index contributed by atoms with van der Waals surface area (Å²) in [7, 11) is -8.31. The Balaban J connectivity index is 1.46. The number of hydrogen-bond donors (Lipinski definition) is 3. The number of hydrogen-bond acceptors (Lipinski definition) is 6. The first kappa shape index (κ1) is 31.4.